The fourth-order valence-corrected chi connectivity index (χ4v) is 2.83. The average Bonchev–Trinajstić information content (AvgIpc) is 3.09. The second-order valence-electron chi connectivity index (χ2n) is 5.38. The number of hydrogen-bond donors (Lipinski definition) is 2. The van der Waals surface area contributed by atoms with Crippen molar-refractivity contribution in [3.8, 4) is 0 Å². The van der Waals surface area contributed by atoms with Crippen LogP contribution < -0.4 is 10.6 Å². The van der Waals surface area contributed by atoms with Gasteiger partial charge in [-0.2, -0.15) is 0 Å². The summed E-state index contributed by atoms with van der Waals surface area (Å²) in [6, 6.07) is 11.1. The summed E-state index contributed by atoms with van der Waals surface area (Å²) in [4.78, 5) is 16.5. The number of para-hydroxylation sites is 1. The molecule has 0 aliphatic carbocycles. The molecule has 0 bridgehead atoms. The Morgan fingerprint density at radius 2 is 2.22 bits per heavy atom. The van der Waals surface area contributed by atoms with Gasteiger partial charge in [-0.15, -0.1) is 0 Å². The highest BCUT2D eigenvalue weighted by Gasteiger charge is 2.15. The molecule has 5 nitrogen and oxygen atoms in total. The van der Waals surface area contributed by atoms with Gasteiger partial charge in [-0.3, -0.25) is 9.78 Å². The molecule has 1 saturated heterocycles. The van der Waals surface area contributed by atoms with Crippen LogP contribution >= 0.6 is 15.9 Å². The van der Waals surface area contributed by atoms with Gasteiger partial charge in [0, 0.05) is 29.5 Å². The van der Waals surface area contributed by atoms with Crippen LogP contribution in [0.25, 0.3) is 0 Å². The Morgan fingerprint density at radius 3 is 3.00 bits per heavy atom. The molecule has 2 heterocycles. The maximum absolute atomic E-state index is 12.3. The van der Waals surface area contributed by atoms with Gasteiger partial charge in [-0.1, -0.05) is 12.1 Å². The Bertz CT molecular complexity index is 687. The predicted octanol–water partition coefficient (Wildman–Crippen LogP) is 3.69. The summed E-state index contributed by atoms with van der Waals surface area (Å²) in [5, 5.41) is 6.15. The van der Waals surface area contributed by atoms with E-state index < -0.39 is 0 Å². The van der Waals surface area contributed by atoms with Crippen molar-refractivity contribution in [2.45, 2.75) is 18.9 Å². The molecular formula is C17H18BrN3O2. The van der Waals surface area contributed by atoms with E-state index in [-0.39, 0.29) is 12.0 Å². The molecule has 1 unspecified atom stereocenters. The van der Waals surface area contributed by atoms with E-state index in [0.29, 0.717) is 5.69 Å². The molecule has 1 amide bonds. The van der Waals surface area contributed by atoms with Gasteiger partial charge in [0.15, 0.2) is 0 Å². The summed E-state index contributed by atoms with van der Waals surface area (Å²) in [5.41, 5.74) is 1.96. The number of hydrogen-bond acceptors (Lipinski definition) is 4. The quantitative estimate of drug-likeness (QED) is 0.836. The number of halogens is 1. The zero-order valence-corrected chi connectivity index (χ0v) is 14.2. The van der Waals surface area contributed by atoms with Gasteiger partial charge in [0.25, 0.3) is 5.91 Å². The molecule has 1 aliphatic heterocycles. The molecule has 23 heavy (non-hydrogen) atoms. The zero-order chi connectivity index (χ0) is 16.1. The summed E-state index contributed by atoms with van der Waals surface area (Å²) in [6.45, 7) is 1.58. The lowest BCUT2D eigenvalue weighted by Gasteiger charge is -2.12. The standard InChI is InChI=1S/C17H18BrN3O2/c18-14-5-1-2-6-15(14)21-17(22)16-10-12(7-8-19-16)20-11-13-4-3-9-23-13/h1-2,5-8,10,13H,3-4,9,11H2,(H,19,20)(H,21,22). The Balaban J connectivity index is 1.64. The van der Waals surface area contributed by atoms with Gasteiger partial charge in [-0.25, -0.2) is 0 Å². The van der Waals surface area contributed by atoms with Gasteiger partial charge >= 0.3 is 0 Å². The summed E-state index contributed by atoms with van der Waals surface area (Å²) >= 11 is 3.41. The lowest BCUT2D eigenvalue weighted by molar-refractivity contribution is 0.102. The van der Waals surface area contributed by atoms with E-state index in [0.717, 1.165) is 41.8 Å². The molecule has 1 atom stereocenters. The number of amides is 1. The molecule has 1 aliphatic rings. The maximum atomic E-state index is 12.3. The van der Waals surface area contributed by atoms with Crippen molar-refractivity contribution in [1.29, 1.82) is 0 Å². The van der Waals surface area contributed by atoms with E-state index in [1.807, 2.05) is 30.3 Å². The Hall–Kier alpha value is -1.92. The van der Waals surface area contributed by atoms with Gasteiger partial charge in [-0.05, 0) is 53.0 Å². The van der Waals surface area contributed by atoms with Crippen LogP contribution in [0.2, 0.25) is 0 Å². The van der Waals surface area contributed by atoms with Crippen LogP contribution in [-0.4, -0.2) is 30.1 Å². The maximum Gasteiger partial charge on any atom is 0.274 e. The highest BCUT2D eigenvalue weighted by molar-refractivity contribution is 9.10. The number of rotatable bonds is 5. The molecule has 0 saturated carbocycles. The predicted molar refractivity (Wildman–Crippen MR) is 93.8 cm³/mol. The lowest BCUT2D eigenvalue weighted by Crippen LogP contribution is -2.19. The van der Waals surface area contributed by atoms with E-state index in [2.05, 4.69) is 31.5 Å². The van der Waals surface area contributed by atoms with Crippen molar-refractivity contribution in [2.24, 2.45) is 0 Å². The number of aromatic nitrogens is 1. The third kappa shape index (κ3) is 4.30. The first kappa shape index (κ1) is 16.0. The highest BCUT2D eigenvalue weighted by atomic mass is 79.9. The molecule has 0 radical (unpaired) electrons. The minimum absolute atomic E-state index is 0.238. The van der Waals surface area contributed by atoms with Crippen LogP contribution in [0, 0.1) is 0 Å². The number of carbonyl (C=O) groups is 1. The van der Waals surface area contributed by atoms with Gasteiger partial charge in [0.2, 0.25) is 0 Å². The summed E-state index contributed by atoms with van der Waals surface area (Å²) in [5.74, 6) is -0.238. The van der Waals surface area contributed by atoms with E-state index >= 15 is 0 Å². The summed E-state index contributed by atoms with van der Waals surface area (Å²) in [6.07, 6.45) is 4.07. The average molecular weight is 376 g/mol. The monoisotopic (exact) mass is 375 g/mol. The van der Waals surface area contributed by atoms with Crippen LogP contribution in [0.15, 0.2) is 47.1 Å². The van der Waals surface area contributed by atoms with E-state index in [1.165, 1.54) is 0 Å². The van der Waals surface area contributed by atoms with E-state index in [1.54, 1.807) is 12.3 Å². The van der Waals surface area contributed by atoms with Crippen LogP contribution in [-0.2, 0) is 4.74 Å². The normalized spacial score (nSPS) is 17.0. The van der Waals surface area contributed by atoms with Crippen LogP contribution in [0.3, 0.4) is 0 Å². The van der Waals surface area contributed by atoms with Gasteiger partial charge in [0.1, 0.15) is 5.69 Å². The second-order valence-corrected chi connectivity index (χ2v) is 6.23. The minimum atomic E-state index is -0.238. The Kier molecular flexibility index (Phi) is 5.25. The largest absolute Gasteiger partial charge is 0.382 e. The SMILES string of the molecule is O=C(Nc1ccccc1Br)c1cc(NCC2CCCO2)ccn1. The van der Waals surface area contributed by atoms with Gasteiger partial charge < -0.3 is 15.4 Å². The first-order valence-electron chi connectivity index (χ1n) is 7.60. The van der Waals surface area contributed by atoms with Crippen molar-refractivity contribution in [2.75, 3.05) is 23.8 Å². The third-order valence-electron chi connectivity index (χ3n) is 3.67. The second kappa shape index (κ2) is 7.57. The first-order valence-corrected chi connectivity index (χ1v) is 8.39. The summed E-state index contributed by atoms with van der Waals surface area (Å²) in [7, 11) is 0. The topological polar surface area (TPSA) is 63.2 Å². The third-order valence-corrected chi connectivity index (χ3v) is 4.36. The minimum Gasteiger partial charge on any atom is -0.382 e. The molecule has 2 aromatic rings. The van der Waals surface area contributed by atoms with Crippen molar-refractivity contribution in [3.63, 3.8) is 0 Å². The molecule has 1 fully saturated rings. The van der Waals surface area contributed by atoms with Gasteiger partial charge in [0.05, 0.1) is 11.8 Å². The molecule has 6 heteroatoms. The number of nitrogens with one attached hydrogen (secondary N) is 2. The lowest BCUT2D eigenvalue weighted by atomic mass is 10.2. The summed E-state index contributed by atoms with van der Waals surface area (Å²) < 4.78 is 6.42. The number of nitrogens with zero attached hydrogens (tertiary/aromatic N) is 1. The van der Waals surface area contributed by atoms with E-state index in [9.17, 15) is 4.79 Å². The molecule has 3 rings (SSSR count). The van der Waals surface area contributed by atoms with Crippen LogP contribution in [0.5, 0.6) is 0 Å². The Morgan fingerprint density at radius 1 is 1.35 bits per heavy atom. The molecule has 1 aromatic carbocycles. The van der Waals surface area contributed by atoms with Crippen molar-refractivity contribution in [1.82, 2.24) is 4.98 Å². The van der Waals surface area contributed by atoms with Crippen molar-refractivity contribution in [3.05, 3.63) is 52.8 Å². The fraction of sp³-hybridized carbons (Fsp3) is 0.294. The first-order chi connectivity index (χ1) is 11.2. The van der Waals surface area contributed by atoms with Crippen molar-refractivity contribution >= 4 is 33.2 Å². The molecule has 1 aromatic heterocycles. The molecule has 120 valence electrons. The number of ether oxygens (including phenoxy) is 1. The molecule has 2 N–H and O–H groups in total. The molecule has 0 spiro atoms. The van der Waals surface area contributed by atoms with Crippen molar-refractivity contribution < 1.29 is 9.53 Å². The van der Waals surface area contributed by atoms with E-state index in [4.69, 9.17) is 4.74 Å². The number of benzene rings is 1. The highest BCUT2D eigenvalue weighted by Crippen LogP contribution is 2.22. The molecular weight excluding hydrogens is 358 g/mol. The number of pyridine rings is 1. The zero-order valence-electron chi connectivity index (χ0n) is 12.6. The Labute approximate surface area is 143 Å². The fourth-order valence-electron chi connectivity index (χ4n) is 2.45. The number of anilines is 2. The van der Waals surface area contributed by atoms with Crippen LogP contribution in [0.4, 0.5) is 11.4 Å². The van der Waals surface area contributed by atoms with Crippen LogP contribution in [0.1, 0.15) is 23.3 Å². The smallest absolute Gasteiger partial charge is 0.274 e. The number of carbonyl (C=O) groups excluding carboxylic acids is 1.